The standard InChI is InChI=1S/C14H22N2O3/c1-3-19-14(18)12-6-4-5-7-16(12)13(17)10(2)11-8-15-9-11/h12,15H,3-9H2,1-2H3. The van der Waals surface area contributed by atoms with E-state index in [2.05, 4.69) is 5.32 Å². The third-order valence-corrected chi connectivity index (χ3v) is 3.85. The lowest BCUT2D eigenvalue weighted by Crippen LogP contribution is -2.50. The Hall–Kier alpha value is -1.36. The number of ether oxygens (including phenoxy) is 1. The van der Waals surface area contributed by atoms with Gasteiger partial charge in [0.15, 0.2) is 0 Å². The van der Waals surface area contributed by atoms with E-state index in [0.717, 1.165) is 37.1 Å². The van der Waals surface area contributed by atoms with E-state index in [4.69, 9.17) is 4.74 Å². The first-order valence-corrected chi connectivity index (χ1v) is 7.02. The van der Waals surface area contributed by atoms with Gasteiger partial charge < -0.3 is 15.0 Å². The molecule has 5 nitrogen and oxygen atoms in total. The molecule has 1 amide bonds. The van der Waals surface area contributed by atoms with Crippen molar-refractivity contribution in [3.8, 4) is 0 Å². The highest BCUT2D eigenvalue weighted by Crippen LogP contribution is 2.22. The predicted octanol–water partition coefficient (Wildman–Crippen LogP) is 0.850. The van der Waals surface area contributed by atoms with Crippen LogP contribution in [0.4, 0.5) is 0 Å². The molecule has 0 spiro atoms. The Kier molecular flexibility index (Phi) is 4.58. The van der Waals surface area contributed by atoms with Gasteiger partial charge in [0.2, 0.25) is 5.91 Å². The molecule has 0 aliphatic carbocycles. The molecular formula is C14H22N2O3. The van der Waals surface area contributed by atoms with Crippen LogP contribution in [-0.4, -0.2) is 49.1 Å². The number of amides is 1. The van der Waals surface area contributed by atoms with Crippen molar-refractivity contribution >= 4 is 11.9 Å². The van der Waals surface area contributed by atoms with Crippen LogP contribution >= 0.6 is 0 Å². The predicted molar refractivity (Wildman–Crippen MR) is 71.6 cm³/mol. The highest BCUT2D eigenvalue weighted by atomic mass is 16.5. The molecule has 2 aliphatic rings. The van der Waals surface area contributed by atoms with E-state index in [1.54, 1.807) is 11.8 Å². The molecule has 19 heavy (non-hydrogen) atoms. The average Bonchev–Trinajstić information content (AvgIpc) is 2.36. The van der Waals surface area contributed by atoms with Crippen LogP contribution in [-0.2, 0) is 14.3 Å². The summed E-state index contributed by atoms with van der Waals surface area (Å²) in [4.78, 5) is 26.1. The van der Waals surface area contributed by atoms with Crippen molar-refractivity contribution in [2.75, 3.05) is 26.2 Å². The molecule has 2 saturated heterocycles. The Morgan fingerprint density at radius 2 is 2.11 bits per heavy atom. The molecule has 1 unspecified atom stereocenters. The van der Waals surface area contributed by atoms with Gasteiger partial charge in [-0.2, -0.15) is 0 Å². The minimum absolute atomic E-state index is 0.00532. The first-order valence-electron chi connectivity index (χ1n) is 7.02. The average molecular weight is 266 g/mol. The Balaban J connectivity index is 2.10. The molecular weight excluding hydrogens is 244 g/mol. The quantitative estimate of drug-likeness (QED) is 0.608. The summed E-state index contributed by atoms with van der Waals surface area (Å²) >= 11 is 0. The number of nitrogens with one attached hydrogen (secondary N) is 1. The Morgan fingerprint density at radius 1 is 1.37 bits per heavy atom. The number of hydrogen-bond acceptors (Lipinski definition) is 4. The van der Waals surface area contributed by atoms with Crippen molar-refractivity contribution in [1.29, 1.82) is 0 Å². The maximum atomic E-state index is 12.5. The number of carbonyl (C=O) groups is 2. The molecule has 0 aromatic rings. The molecule has 1 N–H and O–H groups in total. The highest BCUT2D eigenvalue weighted by molar-refractivity contribution is 5.96. The molecule has 0 aromatic heterocycles. The summed E-state index contributed by atoms with van der Waals surface area (Å²) in [5, 5.41) is 3.13. The number of likely N-dealkylation sites (tertiary alicyclic amines) is 1. The van der Waals surface area contributed by atoms with Crippen molar-refractivity contribution in [3.05, 3.63) is 11.1 Å². The SMILES string of the molecule is CCOC(=O)C1CCCCN1C(=O)C(C)=C1CNC1. The fraction of sp³-hybridized carbons (Fsp3) is 0.714. The van der Waals surface area contributed by atoms with E-state index in [-0.39, 0.29) is 11.9 Å². The Morgan fingerprint density at radius 3 is 2.68 bits per heavy atom. The van der Waals surface area contributed by atoms with Crippen molar-refractivity contribution in [2.24, 2.45) is 0 Å². The third kappa shape index (κ3) is 2.97. The number of rotatable bonds is 3. The molecule has 2 aliphatic heterocycles. The summed E-state index contributed by atoms with van der Waals surface area (Å²) in [5.41, 5.74) is 1.94. The molecule has 0 bridgehead atoms. The first-order chi connectivity index (χ1) is 9.15. The summed E-state index contributed by atoms with van der Waals surface area (Å²) in [7, 11) is 0. The number of nitrogens with zero attached hydrogens (tertiary/aromatic N) is 1. The van der Waals surface area contributed by atoms with Crippen molar-refractivity contribution < 1.29 is 14.3 Å². The fourth-order valence-corrected chi connectivity index (χ4v) is 2.54. The normalized spacial score (nSPS) is 22.7. The summed E-state index contributed by atoms with van der Waals surface area (Å²) in [6.45, 7) is 6.24. The van der Waals surface area contributed by atoms with Crippen LogP contribution in [0.1, 0.15) is 33.1 Å². The monoisotopic (exact) mass is 266 g/mol. The second-order valence-corrected chi connectivity index (χ2v) is 5.09. The zero-order chi connectivity index (χ0) is 13.8. The Bertz CT molecular complexity index is 397. The van der Waals surface area contributed by atoms with Crippen LogP contribution < -0.4 is 5.32 Å². The van der Waals surface area contributed by atoms with Crippen LogP contribution in [0.25, 0.3) is 0 Å². The molecule has 2 rings (SSSR count). The third-order valence-electron chi connectivity index (χ3n) is 3.85. The van der Waals surface area contributed by atoms with Gasteiger partial charge in [-0.1, -0.05) is 0 Å². The molecule has 2 heterocycles. The summed E-state index contributed by atoms with van der Waals surface area (Å²) in [5.74, 6) is -0.269. The van der Waals surface area contributed by atoms with Gasteiger partial charge in [0, 0.05) is 25.2 Å². The molecule has 0 saturated carbocycles. The molecule has 106 valence electrons. The molecule has 0 aromatic carbocycles. The van der Waals surface area contributed by atoms with Crippen LogP contribution in [0.15, 0.2) is 11.1 Å². The molecule has 1 atom stereocenters. The number of esters is 1. The second kappa shape index (κ2) is 6.19. The topological polar surface area (TPSA) is 58.6 Å². The minimum Gasteiger partial charge on any atom is -0.464 e. The van der Waals surface area contributed by atoms with Crippen molar-refractivity contribution in [1.82, 2.24) is 10.2 Å². The maximum Gasteiger partial charge on any atom is 0.328 e. The van der Waals surface area contributed by atoms with E-state index >= 15 is 0 Å². The smallest absolute Gasteiger partial charge is 0.328 e. The van der Waals surface area contributed by atoms with Gasteiger partial charge in [0.05, 0.1) is 6.61 Å². The maximum absolute atomic E-state index is 12.5. The fourth-order valence-electron chi connectivity index (χ4n) is 2.54. The van der Waals surface area contributed by atoms with Gasteiger partial charge in [0.25, 0.3) is 0 Å². The zero-order valence-electron chi connectivity index (χ0n) is 11.7. The number of hydrogen-bond donors (Lipinski definition) is 1. The van der Waals surface area contributed by atoms with Gasteiger partial charge in [-0.15, -0.1) is 0 Å². The Labute approximate surface area is 114 Å². The van der Waals surface area contributed by atoms with E-state index in [9.17, 15) is 9.59 Å². The van der Waals surface area contributed by atoms with E-state index in [1.165, 1.54) is 0 Å². The minimum atomic E-state index is -0.398. The van der Waals surface area contributed by atoms with Crippen LogP contribution in [0.5, 0.6) is 0 Å². The van der Waals surface area contributed by atoms with Gasteiger partial charge in [-0.25, -0.2) is 4.79 Å². The van der Waals surface area contributed by atoms with Gasteiger partial charge >= 0.3 is 5.97 Å². The first kappa shape index (κ1) is 14.1. The van der Waals surface area contributed by atoms with Crippen LogP contribution in [0, 0.1) is 0 Å². The van der Waals surface area contributed by atoms with Gasteiger partial charge in [-0.05, 0) is 38.7 Å². The zero-order valence-corrected chi connectivity index (χ0v) is 11.7. The highest BCUT2D eigenvalue weighted by Gasteiger charge is 2.34. The van der Waals surface area contributed by atoms with Crippen LogP contribution in [0.3, 0.4) is 0 Å². The molecule has 0 radical (unpaired) electrons. The summed E-state index contributed by atoms with van der Waals surface area (Å²) in [6.07, 6.45) is 2.65. The van der Waals surface area contributed by atoms with E-state index in [0.29, 0.717) is 19.6 Å². The lowest BCUT2D eigenvalue weighted by molar-refractivity contribution is -0.155. The van der Waals surface area contributed by atoms with E-state index < -0.39 is 6.04 Å². The summed E-state index contributed by atoms with van der Waals surface area (Å²) < 4.78 is 5.08. The van der Waals surface area contributed by atoms with Gasteiger partial charge in [0.1, 0.15) is 6.04 Å². The largest absolute Gasteiger partial charge is 0.464 e. The second-order valence-electron chi connectivity index (χ2n) is 5.09. The number of piperidine rings is 1. The van der Waals surface area contributed by atoms with Gasteiger partial charge in [-0.3, -0.25) is 4.79 Å². The molecule has 2 fully saturated rings. The summed E-state index contributed by atoms with van der Waals surface area (Å²) in [6, 6.07) is -0.398. The van der Waals surface area contributed by atoms with Crippen molar-refractivity contribution in [3.63, 3.8) is 0 Å². The van der Waals surface area contributed by atoms with Crippen molar-refractivity contribution in [2.45, 2.75) is 39.2 Å². The van der Waals surface area contributed by atoms with E-state index in [1.807, 2.05) is 6.92 Å². The van der Waals surface area contributed by atoms with Crippen LogP contribution in [0.2, 0.25) is 0 Å². The lowest BCUT2D eigenvalue weighted by Gasteiger charge is -2.35. The molecule has 5 heteroatoms. The number of carbonyl (C=O) groups excluding carboxylic acids is 2. The lowest BCUT2D eigenvalue weighted by atomic mass is 9.98.